The van der Waals surface area contributed by atoms with Crippen LogP contribution in [-0.4, -0.2) is 37.4 Å². The number of ether oxygens (including phenoxy) is 1. The number of primary amides is 1. The van der Waals surface area contributed by atoms with Gasteiger partial charge < -0.3 is 10.5 Å². The second kappa shape index (κ2) is 6.40. The van der Waals surface area contributed by atoms with Crippen LogP contribution in [-0.2, 0) is 14.8 Å². The molecular weight excluding hydrogens is 324 g/mol. The fourth-order valence-electron chi connectivity index (χ4n) is 1.80. The van der Waals surface area contributed by atoms with Crippen LogP contribution in [0.3, 0.4) is 0 Å². The highest BCUT2D eigenvalue weighted by Gasteiger charge is 2.28. The number of sulfonamides is 1. The number of methoxy groups -OCH3 is 1. The lowest BCUT2D eigenvalue weighted by Crippen LogP contribution is -2.23. The minimum absolute atomic E-state index is 0.187. The molecule has 1 aromatic heterocycles. The molecule has 0 aliphatic rings. The normalized spacial score (nSPS) is 10.8. The quantitative estimate of drug-likeness (QED) is 0.741. The predicted octanol–water partition coefficient (Wildman–Crippen LogP) is 0.163. The minimum Gasteiger partial charge on any atom is -0.465 e. The number of anilines is 1. The Balaban J connectivity index is 2.60. The van der Waals surface area contributed by atoms with Gasteiger partial charge in [-0.2, -0.15) is 0 Å². The zero-order valence-corrected chi connectivity index (χ0v) is 12.7. The van der Waals surface area contributed by atoms with Gasteiger partial charge in [-0.25, -0.2) is 27.9 Å². The first-order valence-corrected chi connectivity index (χ1v) is 7.66. The lowest BCUT2D eigenvalue weighted by atomic mass is 10.1. The highest BCUT2D eigenvalue weighted by Crippen LogP contribution is 2.22. The van der Waals surface area contributed by atoms with Gasteiger partial charge >= 0.3 is 5.97 Å². The van der Waals surface area contributed by atoms with E-state index < -0.39 is 32.4 Å². The third-order valence-corrected chi connectivity index (χ3v) is 4.13. The minimum atomic E-state index is -4.24. The number of carbonyl (C=O) groups excluding carboxylic acids is 2. The summed E-state index contributed by atoms with van der Waals surface area (Å²) in [5, 5.41) is 0. The van der Waals surface area contributed by atoms with E-state index in [9.17, 15) is 18.0 Å². The summed E-state index contributed by atoms with van der Waals surface area (Å²) in [6.45, 7) is 0. The van der Waals surface area contributed by atoms with Gasteiger partial charge in [0.2, 0.25) is 11.9 Å². The van der Waals surface area contributed by atoms with Gasteiger partial charge in [0.1, 0.15) is 4.90 Å². The summed E-state index contributed by atoms with van der Waals surface area (Å²) in [5.41, 5.74) is 4.46. The van der Waals surface area contributed by atoms with Crippen molar-refractivity contribution in [3.63, 3.8) is 0 Å². The lowest BCUT2D eigenvalue weighted by Gasteiger charge is -2.12. The Morgan fingerprint density at radius 1 is 1.17 bits per heavy atom. The van der Waals surface area contributed by atoms with Crippen LogP contribution < -0.4 is 10.5 Å². The molecule has 120 valence electrons. The van der Waals surface area contributed by atoms with Crippen LogP contribution in [0.4, 0.5) is 5.95 Å². The molecule has 0 saturated heterocycles. The average molecular weight is 336 g/mol. The molecule has 1 amide bonds. The molecule has 1 aromatic carbocycles. The van der Waals surface area contributed by atoms with Crippen molar-refractivity contribution in [3.05, 3.63) is 47.8 Å². The van der Waals surface area contributed by atoms with Gasteiger partial charge in [0.25, 0.3) is 10.0 Å². The molecule has 1 heterocycles. The molecule has 0 aliphatic carbocycles. The Morgan fingerprint density at radius 2 is 1.83 bits per heavy atom. The second-order valence-electron chi connectivity index (χ2n) is 4.21. The molecule has 0 atom stereocenters. The van der Waals surface area contributed by atoms with Crippen molar-refractivity contribution < 1.29 is 22.7 Å². The SMILES string of the molecule is COC(=O)c1c(C(N)=O)cccc1S(=O)(=O)Nc1ncccn1. The van der Waals surface area contributed by atoms with Crippen molar-refractivity contribution >= 4 is 27.8 Å². The van der Waals surface area contributed by atoms with Crippen molar-refractivity contribution in [1.29, 1.82) is 0 Å². The van der Waals surface area contributed by atoms with Gasteiger partial charge in [-0.15, -0.1) is 0 Å². The Hall–Kier alpha value is -3.01. The number of amides is 1. The molecule has 0 spiro atoms. The zero-order chi connectivity index (χ0) is 17.0. The van der Waals surface area contributed by atoms with Crippen LogP contribution in [0.15, 0.2) is 41.6 Å². The summed E-state index contributed by atoms with van der Waals surface area (Å²) in [5.74, 6) is -2.15. The lowest BCUT2D eigenvalue weighted by molar-refractivity contribution is 0.0592. The number of carbonyl (C=O) groups is 2. The number of aromatic nitrogens is 2. The number of hydrogen-bond acceptors (Lipinski definition) is 7. The van der Waals surface area contributed by atoms with Gasteiger partial charge in [-0.05, 0) is 18.2 Å². The van der Waals surface area contributed by atoms with Gasteiger partial charge in [0.15, 0.2) is 0 Å². The van der Waals surface area contributed by atoms with Gasteiger partial charge in [0.05, 0.1) is 18.2 Å². The van der Waals surface area contributed by atoms with E-state index in [0.717, 1.165) is 13.2 Å². The average Bonchev–Trinajstić information content (AvgIpc) is 2.53. The molecule has 0 unspecified atom stereocenters. The molecular formula is C13H12N4O5S. The number of rotatable bonds is 5. The molecule has 0 aliphatic heterocycles. The van der Waals surface area contributed by atoms with Crippen LogP contribution in [0, 0.1) is 0 Å². The van der Waals surface area contributed by atoms with Crippen molar-refractivity contribution in [2.24, 2.45) is 5.73 Å². The molecule has 23 heavy (non-hydrogen) atoms. The summed E-state index contributed by atoms with van der Waals surface area (Å²) in [7, 11) is -3.18. The van der Waals surface area contributed by atoms with Crippen molar-refractivity contribution in [2.45, 2.75) is 4.90 Å². The van der Waals surface area contributed by atoms with Gasteiger partial charge in [-0.1, -0.05) is 6.07 Å². The topological polar surface area (TPSA) is 141 Å². The van der Waals surface area contributed by atoms with Gasteiger partial charge in [-0.3, -0.25) is 4.79 Å². The standard InChI is InChI=1S/C13H12N4O5S/c1-22-12(19)10-8(11(14)18)4-2-5-9(10)23(20,21)17-13-15-6-3-7-16-13/h2-7H,1H3,(H2,14,18)(H,15,16,17). The van der Waals surface area contributed by atoms with Crippen LogP contribution in [0.2, 0.25) is 0 Å². The summed E-state index contributed by atoms with van der Waals surface area (Å²) in [4.78, 5) is 30.4. The maximum absolute atomic E-state index is 12.5. The van der Waals surface area contributed by atoms with E-state index in [-0.39, 0.29) is 11.5 Å². The van der Waals surface area contributed by atoms with Crippen LogP contribution in [0.5, 0.6) is 0 Å². The highest BCUT2D eigenvalue weighted by atomic mass is 32.2. The van der Waals surface area contributed by atoms with E-state index in [2.05, 4.69) is 19.4 Å². The molecule has 3 N–H and O–H groups in total. The van der Waals surface area contributed by atoms with Crippen molar-refractivity contribution in [2.75, 3.05) is 11.8 Å². The Bertz CT molecular complexity index is 852. The van der Waals surface area contributed by atoms with E-state index in [1.54, 1.807) is 0 Å². The van der Waals surface area contributed by atoms with E-state index >= 15 is 0 Å². The third-order valence-electron chi connectivity index (χ3n) is 2.76. The van der Waals surface area contributed by atoms with E-state index in [1.165, 1.54) is 30.6 Å². The van der Waals surface area contributed by atoms with E-state index in [1.807, 2.05) is 0 Å². The predicted molar refractivity (Wildman–Crippen MR) is 79.1 cm³/mol. The van der Waals surface area contributed by atoms with E-state index in [4.69, 9.17) is 5.73 Å². The Labute approximate surface area is 131 Å². The smallest absolute Gasteiger partial charge is 0.340 e. The zero-order valence-electron chi connectivity index (χ0n) is 11.9. The number of nitrogens with one attached hydrogen (secondary N) is 1. The number of hydrogen-bond donors (Lipinski definition) is 2. The van der Waals surface area contributed by atoms with Gasteiger partial charge in [0, 0.05) is 12.4 Å². The maximum atomic E-state index is 12.5. The molecule has 0 fully saturated rings. The number of benzene rings is 1. The van der Waals surface area contributed by atoms with Crippen LogP contribution >= 0.6 is 0 Å². The maximum Gasteiger partial charge on any atom is 0.340 e. The molecule has 0 saturated carbocycles. The summed E-state index contributed by atoms with van der Waals surface area (Å²) in [6, 6.07) is 5.16. The van der Waals surface area contributed by atoms with Crippen molar-refractivity contribution in [1.82, 2.24) is 9.97 Å². The largest absolute Gasteiger partial charge is 0.465 e. The Morgan fingerprint density at radius 3 is 2.39 bits per heavy atom. The first-order valence-electron chi connectivity index (χ1n) is 6.18. The first kappa shape index (κ1) is 16.4. The van der Waals surface area contributed by atoms with Crippen LogP contribution in [0.25, 0.3) is 0 Å². The molecule has 10 heteroatoms. The monoisotopic (exact) mass is 336 g/mol. The van der Waals surface area contributed by atoms with E-state index in [0.29, 0.717) is 0 Å². The second-order valence-corrected chi connectivity index (χ2v) is 5.86. The Kier molecular flexibility index (Phi) is 4.55. The van der Waals surface area contributed by atoms with Crippen LogP contribution in [0.1, 0.15) is 20.7 Å². The highest BCUT2D eigenvalue weighted by molar-refractivity contribution is 7.92. The molecule has 0 bridgehead atoms. The molecule has 2 aromatic rings. The number of nitrogens with two attached hydrogens (primary N) is 1. The molecule has 9 nitrogen and oxygen atoms in total. The summed E-state index contributed by atoms with van der Waals surface area (Å²) in [6.07, 6.45) is 2.68. The fraction of sp³-hybridized carbons (Fsp3) is 0.0769. The summed E-state index contributed by atoms with van der Waals surface area (Å²) >= 11 is 0. The summed E-state index contributed by atoms with van der Waals surface area (Å²) < 4.78 is 31.6. The third kappa shape index (κ3) is 3.43. The van der Waals surface area contributed by atoms with Crippen molar-refractivity contribution in [3.8, 4) is 0 Å². The fourth-order valence-corrected chi connectivity index (χ4v) is 2.98. The number of esters is 1. The first-order chi connectivity index (χ1) is 10.9. The molecule has 2 rings (SSSR count). The number of nitrogens with zero attached hydrogens (tertiary/aromatic N) is 2. The molecule has 0 radical (unpaired) electrons.